The molecule has 0 aliphatic heterocycles. The summed E-state index contributed by atoms with van der Waals surface area (Å²) >= 11 is 0. The Kier molecular flexibility index (Phi) is 4.70. The van der Waals surface area contributed by atoms with Crippen LogP contribution < -0.4 is 22.3 Å². The number of nitrogens with one attached hydrogen (secondary N) is 2. The van der Waals surface area contributed by atoms with Crippen molar-refractivity contribution < 1.29 is 4.74 Å². The maximum atomic E-state index is 5.63. The van der Waals surface area contributed by atoms with E-state index in [0.29, 0.717) is 18.2 Å². The van der Waals surface area contributed by atoms with Crippen LogP contribution in [0.15, 0.2) is 30.3 Å². The molecule has 0 saturated carbocycles. The molecular weight excluding hydrogens is 256 g/mol. The summed E-state index contributed by atoms with van der Waals surface area (Å²) in [4.78, 5) is 8.06. The Hall–Kier alpha value is -2.38. The number of benzene rings is 1. The number of nitrogens with two attached hydrogens (primary N) is 2. The van der Waals surface area contributed by atoms with Gasteiger partial charge in [-0.15, -0.1) is 0 Å². The monoisotopic (exact) mass is 274 g/mol. The topological polar surface area (TPSA) is 111 Å². The number of hydrogen-bond donors (Lipinski definition) is 4. The number of ether oxygens (including phenoxy) is 1. The van der Waals surface area contributed by atoms with Gasteiger partial charge < -0.3 is 21.2 Å². The fourth-order valence-electron chi connectivity index (χ4n) is 1.81. The van der Waals surface area contributed by atoms with Gasteiger partial charge in [-0.25, -0.2) is 5.84 Å². The Morgan fingerprint density at radius 1 is 1.20 bits per heavy atom. The predicted molar refractivity (Wildman–Crippen MR) is 79.6 cm³/mol. The van der Waals surface area contributed by atoms with E-state index in [1.165, 1.54) is 0 Å². The molecule has 20 heavy (non-hydrogen) atoms. The number of nitrogen functional groups attached to an aromatic ring is 2. The molecule has 2 aromatic rings. The number of hydrazine groups is 1. The van der Waals surface area contributed by atoms with Gasteiger partial charge in [-0.1, -0.05) is 18.2 Å². The van der Waals surface area contributed by atoms with Gasteiger partial charge in [0.25, 0.3) is 0 Å². The zero-order valence-corrected chi connectivity index (χ0v) is 11.3. The fraction of sp³-hybridized carbons (Fsp3) is 0.231. The third kappa shape index (κ3) is 3.56. The quantitative estimate of drug-likeness (QED) is 0.463. The number of anilines is 4. The highest BCUT2D eigenvalue weighted by molar-refractivity contribution is 5.63. The summed E-state index contributed by atoms with van der Waals surface area (Å²) in [6.07, 6.45) is 0.808. The van der Waals surface area contributed by atoms with Crippen molar-refractivity contribution in [2.45, 2.75) is 6.42 Å². The Labute approximate surface area is 117 Å². The van der Waals surface area contributed by atoms with E-state index in [0.717, 1.165) is 17.7 Å². The van der Waals surface area contributed by atoms with E-state index < -0.39 is 0 Å². The third-order valence-electron chi connectivity index (χ3n) is 2.75. The molecule has 0 saturated heterocycles. The molecule has 0 bridgehead atoms. The molecule has 0 aliphatic rings. The van der Waals surface area contributed by atoms with Crippen LogP contribution in [0.1, 0.15) is 5.56 Å². The average Bonchev–Trinajstić information content (AvgIpc) is 2.45. The van der Waals surface area contributed by atoms with E-state index in [4.69, 9.17) is 16.3 Å². The van der Waals surface area contributed by atoms with Crippen LogP contribution >= 0.6 is 0 Å². The van der Waals surface area contributed by atoms with E-state index in [1.807, 2.05) is 24.3 Å². The van der Waals surface area contributed by atoms with Gasteiger partial charge in [-0.2, -0.15) is 9.97 Å². The molecular formula is C13H18N6O. The van der Waals surface area contributed by atoms with Gasteiger partial charge in [-0.05, 0) is 18.1 Å². The molecule has 0 aliphatic carbocycles. The summed E-state index contributed by atoms with van der Waals surface area (Å²) in [7, 11) is 1.68. The lowest BCUT2D eigenvalue weighted by atomic mass is 10.1. The summed E-state index contributed by atoms with van der Waals surface area (Å²) in [6.45, 7) is 0.653. The van der Waals surface area contributed by atoms with Gasteiger partial charge in [0, 0.05) is 18.9 Å². The largest absolute Gasteiger partial charge is 0.384 e. The van der Waals surface area contributed by atoms with Gasteiger partial charge in [0.05, 0.1) is 6.61 Å². The minimum atomic E-state index is 0.150. The van der Waals surface area contributed by atoms with Gasteiger partial charge in [0.1, 0.15) is 11.6 Å². The van der Waals surface area contributed by atoms with E-state index in [2.05, 4.69) is 20.7 Å². The maximum absolute atomic E-state index is 5.63. The summed E-state index contributed by atoms with van der Waals surface area (Å²) in [5, 5.41) is 3.21. The summed E-state index contributed by atoms with van der Waals surface area (Å²) in [5.74, 6) is 6.52. The predicted octanol–water partition coefficient (Wildman–Crippen LogP) is 1.28. The van der Waals surface area contributed by atoms with Crippen molar-refractivity contribution in [1.29, 1.82) is 0 Å². The zero-order chi connectivity index (χ0) is 14.4. The Balaban J connectivity index is 2.23. The Bertz CT molecular complexity index is 575. The van der Waals surface area contributed by atoms with Gasteiger partial charge in [0.2, 0.25) is 5.95 Å². The van der Waals surface area contributed by atoms with Crippen molar-refractivity contribution in [2.75, 3.05) is 30.2 Å². The highest BCUT2D eigenvalue weighted by atomic mass is 16.5. The maximum Gasteiger partial charge on any atom is 0.223 e. The molecule has 1 heterocycles. The van der Waals surface area contributed by atoms with Crippen LogP contribution in [0.25, 0.3) is 0 Å². The molecule has 7 heteroatoms. The number of para-hydroxylation sites is 1. The lowest BCUT2D eigenvalue weighted by Gasteiger charge is -2.12. The van der Waals surface area contributed by atoms with Crippen molar-refractivity contribution in [1.82, 2.24) is 9.97 Å². The Morgan fingerprint density at radius 3 is 2.70 bits per heavy atom. The normalized spacial score (nSPS) is 10.3. The molecule has 6 N–H and O–H groups in total. The molecule has 2 rings (SSSR count). The second-order valence-corrected chi connectivity index (χ2v) is 4.17. The average molecular weight is 274 g/mol. The lowest BCUT2D eigenvalue weighted by Crippen LogP contribution is -2.11. The van der Waals surface area contributed by atoms with Gasteiger partial charge >= 0.3 is 0 Å². The summed E-state index contributed by atoms with van der Waals surface area (Å²) < 4.78 is 5.11. The van der Waals surface area contributed by atoms with E-state index in [9.17, 15) is 0 Å². The van der Waals surface area contributed by atoms with Crippen molar-refractivity contribution in [3.8, 4) is 0 Å². The van der Waals surface area contributed by atoms with Crippen LogP contribution in [-0.4, -0.2) is 23.7 Å². The van der Waals surface area contributed by atoms with Crippen LogP contribution in [-0.2, 0) is 11.2 Å². The molecule has 0 fully saturated rings. The first-order chi connectivity index (χ1) is 9.72. The van der Waals surface area contributed by atoms with Crippen LogP contribution in [0, 0.1) is 0 Å². The lowest BCUT2D eigenvalue weighted by molar-refractivity contribution is 0.202. The van der Waals surface area contributed by atoms with Crippen LogP contribution in [0.3, 0.4) is 0 Å². The standard InChI is InChI=1S/C13H18N6O/c1-20-7-6-9-4-2-3-5-10(9)16-11-8-12(19-15)18-13(14)17-11/h2-5,8H,6-7,15H2,1H3,(H4,14,16,17,18,19). The van der Waals surface area contributed by atoms with Crippen molar-refractivity contribution in [3.05, 3.63) is 35.9 Å². The van der Waals surface area contributed by atoms with Crippen LogP contribution in [0.4, 0.5) is 23.3 Å². The molecule has 0 radical (unpaired) electrons. The molecule has 106 valence electrons. The Morgan fingerprint density at radius 2 is 1.95 bits per heavy atom. The highest BCUT2D eigenvalue weighted by Gasteiger charge is 2.05. The van der Waals surface area contributed by atoms with Gasteiger partial charge in [0.15, 0.2) is 0 Å². The first-order valence-electron chi connectivity index (χ1n) is 6.18. The number of rotatable bonds is 6. The molecule has 0 unspecified atom stereocenters. The van der Waals surface area contributed by atoms with Crippen molar-refractivity contribution >= 4 is 23.3 Å². The third-order valence-corrected chi connectivity index (χ3v) is 2.75. The van der Waals surface area contributed by atoms with Crippen molar-refractivity contribution in [2.24, 2.45) is 5.84 Å². The first-order valence-corrected chi connectivity index (χ1v) is 6.18. The zero-order valence-electron chi connectivity index (χ0n) is 11.3. The molecule has 0 amide bonds. The molecule has 1 aromatic heterocycles. The molecule has 0 spiro atoms. The molecule has 7 nitrogen and oxygen atoms in total. The SMILES string of the molecule is COCCc1ccccc1Nc1cc(NN)nc(N)n1. The minimum Gasteiger partial charge on any atom is -0.384 e. The second-order valence-electron chi connectivity index (χ2n) is 4.17. The van der Waals surface area contributed by atoms with Crippen molar-refractivity contribution in [3.63, 3.8) is 0 Å². The smallest absolute Gasteiger partial charge is 0.223 e. The van der Waals surface area contributed by atoms with Crippen LogP contribution in [0.2, 0.25) is 0 Å². The van der Waals surface area contributed by atoms with Crippen LogP contribution in [0.5, 0.6) is 0 Å². The minimum absolute atomic E-state index is 0.150. The highest BCUT2D eigenvalue weighted by Crippen LogP contribution is 2.21. The second kappa shape index (κ2) is 6.69. The number of hydrogen-bond acceptors (Lipinski definition) is 7. The van der Waals surface area contributed by atoms with Gasteiger partial charge in [-0.3, -0.25) is 0 Å². The molecule has 0 atom stereocenters. The number of methoxy groups -OCH3 is 1. The first kappa shape index (κ1) is 14.0. The number of aromatic nitrogens is 2. The van der Waals surface area contributed by atoms with E-state index >= 15 is 0 Å². The molecule has 1 aromatic carbocycles. The number of nitrogens with zero attached hydrogens (tertiary/aromatic N) is 2. The fourth-order valence-corrected chi connectivity index (χ4v) is 1.81. The summed E-state index contributed by atoms with van der Waals surface area (Å²) in [6, 6.07) is 9.62. The van der Waals surface area contributed by atoms with E-state index in [-0.39, 0.29) is 5.95 Å². The van der Waals surface area contributed by atoms with E-state index in [1.54, 1.807) is 13.2 Å². The summed E-state index contributed by atoms with van der Waals surface area (Å²) in [5.41, 5.74) is 10.2.